The Hall–Kier alpha value is -2.29. The molecule has 0 N–H and O–H groups in total. The van der Waals surface area contributed by atoms with Gasteiger partial charge < -0.3 is 14.4 Å². The molecule has 0 spiro atoms. The molecule has 2 fully saturated rings. The zero-order valence-electron chi connectivity index (χ0n) is 17.5. The summed E-state index contributed by atoms with van der Waals surface area (Å²) in [6.45, 7) is 0.700. The number of carbonyl (C=O) groups excluding carboxylic acids is 1. The van der Waals surface area contributed by atoms with Crippen LogP contribution >= 0.6 is 11.6 Å². The van der Waals surface area contributed by atoms with E-state index in [-0.39, 0.29) is 30.0 Å². The summed E-state index contributed by atoms with van der Waals surface area (Å²) < 4.78 is 35.8. The number of rotatable bonds is 6. The second-order valence-electron chi connectivity index (χ2n) is 7.85. The van der Waals surface area contributed by atoms with Gasteiger partial charge in [-0.25, -0.2) is 8.42 Å². The lowest BCUT2D eigenvalue weighted by Gasteiger charge is -2.43. The molecule has 2 saturated heterocycles. The smallest absolute Gasteiger partial charge is 0.241 e. The number of hydrogen-bond donors (Lipinski definition) is 0. The van der Waals surface area contributed by atoms with Gasteiger partial charge in [0.1, 0.15) is 11.5 Å². The summed E-state index contributed by atoms with van der Waals surface area (Å²) in [5, 5.41) is 0.567. The number of nitrogens with zero attached hydrogens (tertiary/aromatic N) is 2. The maximum atomic E-state index is 13.1. The quantitative estimate of drug-likeness (QED) is 0.653. The Morgan fingerprint density at radius 2 is 1.74 bits per heavy atom. The average Bonchev–Trinajstić information content (AvgIpc) is 3.07. The van der Waals surface area contributed by atoms with Gasteiger partial charge in [0.25, 0.3) is 0 Å². The second kappa shape index (κ2) is 8.68. The number of methoxy groups -OCH3 is 2. The standard InChI is InChI=1S/C22H25ClN2O5S/c1-29-18-7-8-21(30-2)15(11-18)9-10-24-12-22(26)25(17-5-3-16(23)4-6-17)20-14-31(27,28)13-19(20)24/h3-8,11,19-20H,9-10,12-14H2,1-2H3. The number of anilines is 1. The molecule has 2 atom stereocenters. The monoisotopic (exact) mass is 464 g/mol. The number of ether oxygens (including phenoxy) is 2. The summed E-state index contributed by atoms with van der Waals surface area (Å²) >= 11 is 5.99. The fourth-order valence-corrected chi connectivity index (χ4v) is 6.59. The lowest BCUT2D eigenvalue weighted by Crippen LogP contribution is -2.62. The van der Waals surface area contributed by atoms with Gasteiger partial charge in [0.15, 0.2) is 9.84 Å². The Morgan fingerprint density at radius 3 is 2.42 bits per heavy atom. The molecule has 2 heterocycles. The summed E-state index contributed by atoms with van der Waals surface area (Å²) in [7, 11) is -0.0312. The van der Waals surface area contributed by atoms with Crippen molar-refractivity contribution in [1.82, 2.24) is 4.90 Å². The third-order valence-corrected chi connectivity index (χ3v) is 7.91. The number of sulfone groups is 1. The highest BCUT2D eigenvalue weighted by molar-refractivity contribution is 7.91. The van der Waals surface area contributed by atoms with E-state index >= 15 is 0 Å². The van der Waals surface area contributed by atoms with Gasteiger partial charge in [-0.05, 0) is 54.4 Å². The van der Waals surface area contributed by atoms with Crippen LogP contribution in [0.1, 0.15) is 5.56 Å². The van der Waals surface area contributed by atoms with Crippen LogP contribution in [0, 0.1) is 0 Å². The first-order chi connectivity index (χ1) is 14.8. The summed E-state index contributed by atoms with van der Waals surface area (Å²) in [6, 6.07) is 11.9. The zero-order valence-corrected chi connectivity index (χ0v) is 19.0. The maximum absolute atomic E-state index is 13.1. The van der Waals surface area contributed by atoms with E-state index in [1.54, 1.807) is 43.4 Å². The lowest BCUT2D eigenvalue weighted by atomic mass is 10.0. The number of benzene rings is 2. The lowest BCUT2D eigenvalue weighted by molar-refractivity contribution is -0.123. The minimum Gasteiger partial charge on any atom is -0.497 e. The van der Waals surface area contributed by atoms with Gasteiger partial charge in [0.2, 0.25) is 5.91 Å². The van der Waals surface area contributed by atoms with Crippen LogP contribution in [-0.2, 0) is 21.1 Å². The van der Waals surface area contributed by atoms with Crippen LogP contribution in [0.25, 0.3) is 0 Å². The number of fused-ring (bicyclic) bond motifs is 1. The molecule has 7 nitrogen and oxygen atoms in total. The molecule has 2 aliphatic rings. The summed E-state index contributed by atoms with van der Waals surface area (Å²) in [4.78, 5) is 16.7. The van der Waals surface area contributed by atoms with Crippen molar-refractivity contribution in [3.63, 3.8) is 0 Å². The van der Waals surface area contributed by atoms with Gasteiger partial charge >= 0.3 is 0 Å². The molecule has 2 unspecified atom stereocenters. The number of halogens is 1. The van der Waals surface area contributed by atoms with Crippen LogP contribution < -0.4 is 14.4 Å². The first-order valence-corrected chi connectivity index (χ1v) is 12.2. The first kappa shape index (κ1) is 21.9. The summed E-state index contributed by atoms with van der Waals surface area (Å²) in [5.74, 6) is 1.36. The molecule has 2 aliphatic heterocycles. The van der Waals surface area contributed by atoms with Gasteiger partial charge in [-0.1, -0.05) is 11.6 Å². The van der Waals surface area contributed by atoms with E-state index < -0.39 is 15.9 Å². The van der Waals surface area contributed by atoms with Gasteiger partial charge in [0, 0.05) is 23.3 Å². The van der Waals surface area contributed by atoms with Gasteiger partial charge in [0.05, 0.1) is 38.3 Å². The Bertz CT molecular complexity index is 1070. The normalized spacial score (nSPS) is 22.9. The van der Waals surface area contributed by atoms with Crippen LogP contribution in [0.15, 0.2) is 42.5 Å². The molecule has 166 valence electrons. The van der Waals surface area contributed by atoms with E-state index in [1.165, 1.54) is 0 Å². The van der Waals surface area contributed by atoms with Gasteiger partial charge in [-0.2, -0.15) is 0 Å². The van der Waals surface area contributed by atoms with Gasteiger partial charge in [-0.3, -0.25) is 9.69 Å². The molecule has 0 bridgehead atoms. The van der Waals surface area contributed by atoms with Crippen molar-refractivity contribution in [1.29, 1.82) is 0 Å². The van der Waals surface area contributed by atoms with E-state index in [0.29, 0.717) is 23.7 Å². The molecule has 2 aromatic carbocycles. The van der Waals surface area contributed by atoms with Crippen molar-refractivity contribution in [3.8, 4) is 11.5 Å². The van der Waals surface area contributed by atoms with Crippen molar-refractivity contribution in [2.24, 2.45) is 0 Å². The third-order valence-electron chi connectivity index (χ3n) is 5.96. The van der Waals surface area contributed by atoms with Crippen LogP contribution in [0.5, 0.6) is 11.5 Å². The SMILES string of the molecule is COc1ccc(OC)c(CCN2CC(=O)N(c3ccc(Cl)cc3)C3CS(=O)(=O)CC32)c1. The fraction of sp³-hybridized carbons (Fsp3) is 0.409. The summed E-state index contributed by atoms with van der Waals surface area (Å²) in [6.07, 6.45) is 0.609. The predicted octanol–water partition coefficient (Wildman–Crippen LogP) is 2.41. The molecule has 2 aromatic rings. The predicted molar refractivity (Wildman–Crippen MR) is 120 cm³/mol. The highest BCUT2D eigenvalue weighted by Gasteiger charge is 2.49. The molecule has 0 aromatic heterocycles. The molecule has 1 amide bonds. The maximum Gasteiger partial charge on any atom is 0.241 e. The minimum absolute atomic E-state index is 0.0367. The number of amides is 1. The molecule has 31 heavy (non-hydrogen) atoms. The van der Waals surface area contributed by atoms with Crippen molar-refractivity contribution in [2.45, 2.75) is 18.5 Å². The van der Waals surface area contributed by atoms with Gasteiger partial charge in [-0.15, -0.1) is 0 Å². The third kappa shape index (κ3) is 4.51. The molecule has 4 rings (SSSR count). The van der Waals surface area contributed by atoms with Crippen LogP contribution in [0.2, 0.25) is 5.02 Å². The van der Waals surface area contributed by atoms with Crippen molar-refractivity contribution in [2.75, 3.05) is 43.7 Å². The first-order valence-electron chi connectivity index (χ1n) is 10.0. The molecule has 0 saturated carbocycles. The number of carbonyl (C=O) groups is 1. The highest BCUT2D eigenvalue weighted by Crippen LogP contribution is 2.33. The van der Waals surface area contributed by atoms with E-state index in [2.05, 4.69) is 0 Å². The fourth-order valence-electron chi connectivity index (χ4n) is 4.48. The van der Waals surface area contributed by atoms with Crippen LogP contribution in [-0.4, -0.2) is 70.1 Å². The van der Waals surface area contributed by atoms with E-state index in [1.807, 2.05) is 23.1 Å². The molecule has 9 heteroatoms. The Labute approximate surface area is 187 Å². The van der Waals surface area contributed by atoms with Crippen molar-refractivity contribution in [3.05, 3.63) is 53.1 Å². The zero-order chi connectivity index (χ0) is 22.2. The van der Waals surface area contributed by atoms with Crippen LogP contribution in [0.4, 0.5) is 5.69 Å². The molecular formula is C22H25ClN2O5S. The average molecular weight is 465 g/mol. The van der Waals surface area contributed by atoms with E-state index in [0.717, 1.165) is 17.1 Å². The highest BCUT2D eigenvalue weighted by atomic mass is 35.5. The largest absolute Gasteiger partial charge is 0.497 e. The Balaban J connectivity index is 1.58. The minimum atomic E-state index is -3.25. The Kier molecular flexibility index (Phi) is 6.14. The van der Waals surface area contributed by atoms with E-state index in [4.69, 9.17) is 21.1 Å². The summed E-state index contributed by atoms with van der Waals surface area (Å²) in [5.41, 5.74) is 1.63. The number of piperazine rings is 1. The molecular weight excluding hydrogens is 440 g/mol. The Morgan fingerprint density at radius 1 is 1.03 bits per heavy atom. The van der Waals surface area contributed by atoms with E-state index in [9.17, 15) is 13.2 Å². The molecule has 0 radical (unpaired) electrons. The number of hydrogen-bond acceptors (Lipinski definition) is 6. The topological polar surface area (TPSA) is 76.2 Å². The van der Waals surface area contributed by atoms with Crippen LogP contribution in [0.3, 0.4) is 0 Å². The second-order valence-corrected chi connectivity index (χ2v) is 10.4. The van der Waals surface area contributed by atoms with Crippen molar-refractivity contribution >= 4 is 33.0 Å². The molecule has 0 aliphatic carbocycles. The van der Waals surface area contributed by atoms with Crippen molar-refractivity contribution < 1.29 is 22.7 Å².